The third kappa shape index (κ3) is 3.75. The lowest BCUT2D eigenvalue weighted by Crippen LogP contribution is -2.44. The van der Waals surface area contributed by atoms with Crippen LogP contribution in [-0.2, 0) is 4.79 Å². The first-order valence-electron chi connectivity index (χ1n) is 5.34. The van der Waals surface area contributed by atoms with Gasteiger partial charge < -0.3 is 16.4 Å². The van der Waals surface area contributed by atoms with Crippen LogP contribution in [0.4, 0.5) is 5.82 Å². The number of hydrogen-bond donors (Lipinski definition) is 3. The standard InChI is InChI=1S/C11H16N4O2/c1-3-13-10(16)7(2)15-11(17)8-4-5-9(12)14-6-8/h4-7H,3H2,1-2H3,(H2,12,14)(H,13,16)(H,15,17). The van der Waals surface area contributed by atoms with Crippen molar-refractivity contribution in [3.05, 3.63) is 23.9 Å². The number of likely N-dealkylation sites (N-methyl/N-ethyl adjacent to an activating group) is 1. The Hall–Kier alpha value is -2.11. The molecule has 0 aliphatic carbocycles. The Morgan fingerprint density at radius 1 is 1.47 bits per heavy atom. The minimum Gasteiger partial charge on any atom is -0.384 e. The molecular formula is C11H16N4O2. The van der Waals surface area contributed by atoms with E-state index in [0.29, 0.717) is 17.9 Å². The smallest absolute Gasteiger partial charge is 0.253 e. The number of pyridine rings is 1. The first kappa shape index (κ1) is 13.0. The monoisotopic (exact) mass is 236 g/mol. The number of anilines is 1. The second kappa shape index (κ2) is 5.83. The number of aromatic nitrogens is 1. The van der Waals surface area contributed by atoms with E-state index >= 15 is 0 Å². The summed E-state index contributed by atoms with van der Waals surface area (Å²) in [5.41, 5.74) is 5.78. The Kier molecular flexibility index (Phi) is 4.45. The van der Waals surface area contributed by atoms with Crippen molar-refractivity contribution in [3.8, 4) is 0 Å². The van der Waals surface area contributed by atoms with Crippen molar-refractivity contribution in [3.63, 3.8) is 0 Å². The quantitative estimate of drug-likeness (QED) is 0.681. The average Bonchev–Trinajstić information content (AvgIpc) is 2.30. The zero-order chi connectivity index (χ0) is 12.8. The predicted octanol–water partition coefficient (Wildman–Crippen LogP) is -0.0818. The van der Waals surface area contributed by atoms with E-state index in [1.165, 1.54) is 12.3 Å². The number of carbonyl (C=O) groups excluding carboxylic acids is 2. The van der Waals surface area contributed by atoms with Gasteiger partial charge in [0.15, 0.2) is 0 Å². The van der Waals surface area contributed by atoms with Crippen molar-refractivity contribution in [1.82, 2.24) is 15.6 Å². The maximum atomic E-state index is 11.7. The van der Waals surface area contributed by atoms with Crippen LogP contribution >= 0.6 is 0 Å². The molecule has 6 nitrogen and oxygen atoms in total. The zero-order valence-electron chi connectivity index (χ0n) is 9.86. The summed E-state index contributed by atoms with van der Waals surface area (Å²) in [6.45, 7) is 3.96. The van der Waals surface area contributed by atoms with Crippen LogP contribution in [0.3, 0.4) is 0 Å². The lowest BCUT2D eigenvalue weighted by Gasteiger charge is -2.13. The molecule has 0 bridgehead atoms. The molecule has 1 rings (SSSR count). The molecule has 1 heterocycles. The van der Waals surface area contributed by atoms with Gasteiger partial charge in [0.25, 0.3) is 5.91 Å². The second-order valence-electron chi connectivity index (χ2n) is 3.56. The summed E-state index contributed by atoms with van der Waals surface area (Å²) in [5.74, 6) is -0.223. The molecule has 0 spiro atoms. The van der Waals surface area contributed by atoms with E-state index in [1.54, 1.807) is 13.0 Å². The highest BCUT2D eigenvalue weighted by atomic mass is 16.2. The van der Waals surface area contributed by atoms with Crippen LogP contribution in [0.15, 0.2) is 18.3 Å². The second-order valence-corrected chi connectivity index (χ2v) is 3.56. The lowest BCUT2D eigenvalue weighted by molar-refractivity contribution is -0.122. The van der Waals surface area contributed by atoms with Crippen LogP contribution in [0.2, 0.25) is 0 Å². The largest absolute Gasteiger partial charge is 0.384 e. The van der Waals surface area contributed by atoms with E-state index in [9.17, 15) is 9.59 Å². The molecule has 0 saturated carbocycles. The minimum atomic E-state index is -0.583. The van der Waals surface area contributed by atoms with Gasteiger partial charge in [0.2, 0.25) is 5.91 Å². The summed E-state index contributed by atoms with van der Waals surface area (Å²) < 4.78 is 0. The van der Waals surface area contributed by atoms with Crippen molar-refractivity contribution >= 4 is 17.6 Å². The van der Waals surface area contributed by atoms with Gasteiger partial charge in [0.05, 0.1) is 5.56 Å². The Labute approximate surface area is 99.6 Å². The van der Waals surface area contributed by atoms with Gasteiger partial charge >= 0.3 is 0 Å². The number of nitrogen functional groups attached to an aromatic ring is 1. The van der Waals surface area contributed by atoms with Gasteiger partial charge in [-0.15, -0.1) is 0 Å². The number of amides is 2. The molecule has 1 aromatic heterocycles. The van der Waals surface area contributed by atoms with Crippen LogP contribution in [0.5, 0.6) is 0 Å². The average molecular weight is 236 g/mol. The van der Waals surface area contributed by atoms with Crippen molar-refractivity contribution in [2.45, 2.75) is 19.9 Å². The molecule has 0 fully saturated rings. The van der Waals surface area contributed by atoms with E-state index < -0.39 is 6.04 Å². The van der Waals surface area contributed by atoms with Crippen LogP contribution in [0.25, 0.3) is 0 Å². The molecule has 4 N–H and O–H groups in total. The van der Waals surface area contributed by atoms with Crippen LogP contribution in [0, 0.1) is 0 Å². The van der Waals surface area contributed by atoms with Gasteiger partial charge in [0, 0.05) is 12.7 Å². The Morgan fingerprint density at radius 3 is 2.71 bits per heavy atom. The van der Waals surface area contributed by atoms with E-state index in [2.05, 4.69) is 15.6 Å². The van der Waals surface area contributed by atoms with Gasteiger partial charge in [0.1, 0.15) is 11.9 Å². The van der Waals surface area contributed by atoms with Crippen molar-refractivity contribution in [2.75, 3.05) is 12.3 Å². The molecule has 1 atom stereocenters. The molecule has 1 unspecified atom stereocenters. The van der Waals surface area contributed by atoms with Gasteiger partial charge in [-0.05, 0) is 26.0 Å². The number of nitrogens with one attached hydrogen (secondary N) is 2. The summed E-state index contributed by atoms with van der Waals surface area (Å²) in [5, 5.41) is 5.19. The first-order chi connectivity index (χ1) is 8.04. The normalized spacial score (nSPS) is 11.6. The molecule has 0 saturated heterocycles. The SMILES string of the molecule is CCNC(=O)C(C)NC(=O)c1ccc(N)nc1. The fourth-order valence-corrected chi connectivity index (χ4v) is 1.21. The van der Waals surface area contributed by atoms with E-state index in [1.807, 2.05) is 6.92 Å². The molecule has 17 heavy (non-hydrogen) atoms. The molecule has 0 aromatic carbocycles. The number of hydrogen-bond acceptors (Lipinski definition) is 4. The van der Waals surface area contributed by atoms with Crippen molar-refractivity contribution in [2.24, 2.45) is 0 Å². The maximum absolute atomic E-state index is 11.7. The number of nitrogens with two attached hydrogens (primary N) is 1. The third-order valence-corrected chi connectivity index (χ3v) is 2.14. The molecule has 0 aliphatic rings. The van der Waals surface area contributed by atoms with E-state index in [-0.39, 0.29) is 11.8 Å². The molecule has 0 aliphatic heterocycles. The number of carbonyl (C=O) groups is 2. The van der Waals surface area contributed by atoms with Crippen molar-refractivity contribution in [1.29, 1.82) is 0 Å². The van der Waals surface area contributed by atoms with Crippen LogP contribution < -0.4 is 16.4 Å². The summed E-state index contributed by atoms with van der Waals surface area (Å²) in [6, 6.07) is 2.51. The predicted molar refractivity (Wildman–Crippen MR) is 64.3 cm³/mol. The maximum Gasteiger partial charge on any atom is 0.253 e. The first-order valence-corrected chi connectivity index (χ1v) is 5.34. The Balaban J connectivity index is 2.60. The van der Waals surface area contributed by atoms with Gasteiger partial charge in [-0.25, -0.2) is 4.98 Å². The molecule has 0 radical (unpaired) electrons. The molecule has 92 valence electrons. The highest BCUT2D eigenvalue weighted by Crippen LogP contribution is 2.01. The topological polar surface area (TPSA) is 97.1 Å². The summed E-state index contributed by atoms with van der Waals surface area (Å²) >= 11 is 0. The van der Waals surface area contributed by atoms with E-state index in [4.69, 9.17) is 5.73 Å². The fraction of sp³-hybridized carbons (Fsp3) is 0.364. The van der Waals surface area contributed by atoms with Gasteiger partial charge in [-0.2, -0.15) is 0 Å². The molecule has 6 heteroatoms. The lowest BCUT2D eigenvalue weighted by atomic mass is 10.2. The summed E-state index contributed by atoms with van der Waals surface area (Å²) in [7, 11) is 0. The number of nitrogens with zero attached hydrogens (tertiary/aromatic N) is 1. The molecule has 1 aromatic rings. The van der Waals surface area contributed by atoms with Gasteiger partial charge in [-0.1, -0.05) is 0 Å². The Morgan fingerprint density at radius 2 is 2.18 bits per heavy atom. The zero-order valence-corrected chi connectivity index (χ0v) is 9.86. The summed E-state index contributed by atoms with van der Waals surface area (Å²) in [6.07, 6.45) is 1.37. The number of rotatable bonds is 4. The Bertz CT molecular complexity index is 402. The van der Waals surface area contributed by atoms with Crippen LogP contribution in [-0.4, -0.2) is 29.4 Å². The highest BCUT2D eigenvalue weighted by molar-refractivity contribution is 5.97. The fourth-order valence-electron chi connectivity index (χ4n) is 1.21. The summed E-state index contributed by atoms with van der Waals surface area (Å²) in [4.78, 5) is 26.9. The third-order valence-electron chi connectivity index (χ3n) is 2.14. The van der Waals surface area contributed by atoms with E-state index in [0.717, 1.165) is 0 Å². The van der Waals surface area contributed by atoms with Crippen LogP contribution in [0.1, 0.15) is 24.2 Å². The minimum absolute atomic E-state index is 0.218. The highest BCUT2D eigenvalue weighted by Gasteiger charge is 2.15. The van der Waals surface area contributed by atoms with Crippen molar-refractivity contribution < 1.29 is 9.59 Å². The molecular weight excluding hydrogens is 220 g/mol. The van der Waals surface area contributed by atoms with Gasteiger partial charge in [-0.3, -0.25) is 9.59 Å². The molecule has 2 amide bonds.